The zero-order chi connectivity index (χ0) is 12.6. The van der Waals surface area contributed by atoms with Gasteiger partial charge in [-0.15, -0.1) is 0 Å². The van der Waals surface area contributed by atoms with E-state index < -0.39 is 14.6 Å². The van der Waals surface area contributed by atoms with Gasteiger partial charge in [-0.05, 0) is 45.1 Å². The molecule has 1 unspecified atom stereocenters. The fourth-order valence-electron chi connectivity index (χ4n) is 2.05. The smallest absolute Gasteiger partial charge is 0.155 e. The fourth-order valence-corrected chi connectivity index (χ4v) is 3.69. The lowest BCUT2D eigenvalue weighted by molar-refractivity contribution is 0.174. The molecule has 1 heterocycles. The Hall–Kier alpha value is -0.0900. The summed E-state index contributed by atoms with van der Waals surface area (Å²) in [5.41, 5.74) is 0.0799. The molecule has 0 aliphatic carbocycles. The third-order valence-electron chi connectivity index (χ3n) is 3.71. The first kappa shape index (κ1) is 14.0. The van der Waals surface area contributed by atoms with Crippen LogP contribution in [0.1, 0.15) is 41.0 Å². The molecule has 16 heavy (non-hydrogen) atoms. The van der Waals surface area contributed by atoms with Gasteiger partial charge in [0.15, 0.2) is 9.84 Å². The second-order valence-electron chi connectivity index (χ2n) is 6.54. The van der Waals surface area contributed by atoms with Crippen molar-refractivity contribution in [2.45, 2.75) is 45.8 Å². The molecule has 1 N–H and O–H groups in total. The van der Waals surface area contributed by atoms with Crippen LogP contribution in [0.4, 0.5) is 0 Å². The minimum atomic E-state index is -3.00. The van der Waals surface area contributed by atoms with Gasteiger partial charge in [-0.3, -0.25) is 0 Å². The minimum Gasteiger partial charge on any atom is -0.316 e. The first-order chi connectivity index (χ1) is 7.06. The number of hydrogen-bond donors (Lipinski definition) is 1. The highest BCUT2D eigenvalue weighted by molar-refractivity contribution is 7.92. The van der Waals surface area contributed by atoms with Crippen molar-refractivity contribution in [2.75, 3.05) is 18.8 Å². The number of hydrogen-bond acceptors (Lipinski definition) is 3. The Morgan fingerprint density at radius 2 is 1.88 bits per heavy atom. The van der Waals surface area contributed by atoms with Crippen molar-refractivity contribution in [3.05, 3.63) is 0 Å². The van der Waals surface area contributed by atoms with Crippen LogP contribution < -0.4 is 5.32 Å². The predicted octanol–water partition coefficient (Wildman–Crippen LogP) is 1.84. The molecule has 1 aliphatic rings. The van der Waals surface area contributed by atoms with Crippen LogP contribution in [0.2, 0.25) is 0 Å². The third kappa shape index (κ3) is 2.98. The van der Waals surface area contributed by atoms with E-state index in [1.165, 1.54) is 0 Å². The molecule has 0 spiro atoms. The van der Waals surface area contributed by atoms with Crippen LogP contribution in [0.5, 0.6) is 0 Å². The van der Waals surface area contributed by atoms with Crippen LogP contribution in [0.15, 0.2) is 0 Å². The maximum atomic E-state index is 12.2. The van der Waals surface area contributed by atoms with Crippen LogP contribution in [0, 0.1) is 11.3 Å². The summed E-state index contributed by atoms with van der Waals surface area (Å²) in [4.78, 5) is 0. The number of rotatable bonds is 2. The summed E-state index contributed by atoms with van der Waals surface area (Å²) in [5.74, 6) is 0.600. The zero-order valence-electron chi connectivity index (χ0n) is 11.1. The molecule has 1 fully saturated rings. The molecule has 0 amide bonds. The van der Waals surface area contributed by atoms with Gasteiger partial charge in [0.2, 0.25) is 0 Å². The van der Waals surface area contributed by atoms with Gasteiger partial charge in [-0.1, -0.05) is 13.8 Å². The van der Waals surface area contributed by atoms with Crippen LogP contribution in [-0.2, 0) is 9.84 Å². The average molecular weight is 247 g/mol. The first-order valence-corrected chi connectivity index (χ1v) is 7.64. The summed E-state index contributed by atoms with van der Waals surface area (Å²) < 4.78 is 23.7. The first-order valence-electron chi connectivity index (χ1n) is 5.99. The van der Waals surface area contributed by atoms with E-state index >= 15 is 0 Å². The van der Waals surface area contributed by atoms with E-state index in [2.05, 4.69) is 19.2 Å². The normalized spacial score (nSPS) is 26.7. The summed E-state index contributed by atoms with van der Waals surface area (Å²) in [6.45, 7) is 11.5. The standard InChI is InChI=1S/C12H25NO2S/c1-11(2,3)16(14,15)8-10-6-7-13-9-12(10,4)5/h10,13H,6-9H2,1-5H3. The average Bonchev–Trinajstić information content (AvgIpc) is 2.06. The maximum Gasteiger partial charge on any atom is 0.155 e. The summed E-state index contributed by atoms with van der Waals surface area (Å²) in [6.07, 6.45) is 0.961. The Morgan fingerprint density at radius 3 is 2.31 bits per heavy atom. The molecule has 0 radical (unpaired) electrons. The molecule has 0 aromatic heterocycles. The van der Waals surface area contributed by atoms with E-state index in [4.69, 9.17) is 0 Å². The number of nitrogens with one attached hydrogen (secondary N) is 1. The molecular weight excluding hydrogens is 222 g/mol. The maximum absolute atomic E-state index is 12.2. The van der Waals surface area contributed by atoms with Crippen molar-refractivity contribution in [3.8, 4) is 0 Å². The van der Waals surface area contributed by atoms with Crippen LogP contribution in [-0.4, -0.2) is 32.0 Å². The Kier molecular flexibility index (Phi) is 3.75. The fraction of sp³-hybridized carbons (Fsp3) is 1.00. The monoisotopic (exact) mass is 247 g/mol. The molecule has 3 nitrogen and oxygen atoms in total. The molecule has 1 aliphatic heterocycles. The van der Waals surface area contributed by atoms with E-state index in [-0.39, 0.29) is 11.3 Å². The zero-order valence-corrected chi connectivity index (χ0v) is 11.9. The van der Waals surface area contributed by atoms with Gasteiger partial charge in [-0.2, -0.15) is 0 Å². The topological polar surface area (TPSA) is 46.2 Å². The molecule has 4 heteroatoms. The van der Waals surface area contributed by atoms with Crippen molar-refractivity contribution in [1.82, 2.24) is 5.32 Å². The third-order valence-corrected chi connectivity index (χ3v) is 6.42. The Bertz CT molecular complexity index is 339. The van der Waals surface area contributed by atoms with Crippen molar-refractivity contribution < 1.29 is 8.42 Å². The Balaban J connectivity index is 2.81. The highest BCUT2D eigenvalue weighted by Gasteiger charge is 2.39. The summed E-state index contributed by atoms with van der Waals surface area (Å²) >= 11 is 0. The highest BCUT2D eigenvalue weighted by atomic mass is 32.2. The van der Waals surface area contributed by atoms with E-state index in [1.54, 1.807) is 20.8 Å². The van der Waals surface area contributed by atoms with Gasteiger partial charge in [0.1, 0.15) is 0 Å². The van der Waals surface area contributed by atoms with Crippen molar-refractivity contribution >= 4 is 9.84 Å². The lowest BCUT2D eigenvalue weighted by Gasteiger charge is -2.40. The SMILES string of the molecule is CC1(C)CNCCC1CS(=O)(=O)C(C)(C)C. The van der Waals surface area contributed by atoms with Gasteiger partial charge in [0, 0.05) is 6.54 Å². The quantitative estimate of drug-likeness (QED) is 0.810. The minimum absolute atomic E-state index is 0.0799. The largest absolute Gasteiger partial charge is 0.316 e. The van der Waals surface area contributed by atoms with E-state index in [0.717, 1.165) is 19.5 Å². The van der Waals surface area contributed by atoms with E-state index in [1.807, 2.05) is 0 Å². The van der Waals surface area contributed by atoms with Crippen molar-refractivity contribution in [1.29, 1.82) is 0 Å². The molecule has 1 rings (SSSR count). The molecule has 96 valence electrons. The van der Waals surface area contributed by atoms with Gasteiger partial charge in [-0.25, -0.2) is 8.42 Å². The van der Waals surface area contributed by atoms with Gasteiger partial charge in [0.05, 0.1) is 10.5 Å². The lowest BCUT2D eigenvalue weighted by Crippen LogP contribution is -2.47. The van der Waals surface area contributed by atoms with Crippen LogP contribution in [0.25, 0.3) is 0 Å². The molecule has 0 saturated carbocycles. The lowest BCUT2D eigenvalue weighted by atomic mass is 9.76. The highest BCUT2D eigenvalue weighted by Crippen LogP contribution is 2.34. The molecule has 0 bridgehead atoms. The second-order valence-corrected chi connectivity index (χ2v) is 9.33. The van der Waals surface area contributed by atoms with Gasteiger partial charge < -0.3 is 5.32 Å². The van der Waals surface area contributed by atoms with Crippen molar-refractivity contribution in [3.63, 3.8) is 0 Å². The predicted molar refractivity (Wildman–Crippen MR) is 68.3 cm³/mol. The molecule has 1 atom stereocenters. The summed E-state index contributed by atoms with van der Waals surface area (Å²) in [6, 6.07) is 0. The Labute approximate surface area is 99.9 Å². The molecule has 1 saturated heterocycles. The van der Waals surface area contributed by atoms with Gasteiger partial charge >= 0.3 is 0 Å². The van der Waals surface area contributed by atoms with E-state index in [9.17, 15) is 8.42 Å². The van der Waals surface area contributed by atoms with Crippen LogP contribution >= 0.6 is 0 Å². The summed E-state index contributed by atoms with van der Waals surface area (Å²) in [5, 5.41) is 3.33. The molecule has 0 aromatic carbocycles. The van der Waals surface area contributed by atoms with Crippen LogP contribution in [0.3, 0.4) is 0 Å². The number of piperidine rings is 1. The van der Waals surface area contributed by atoms with Gasteiger partial charge in [0.25, 0.3) is 0 Å². The number of sulfone groups is 1. The molecular formula is C12H25NO2S. The molecule has 0 aromatic rings. The summed E-state index contributed by atoms with van der Waals surface area (Å²) in [7, 11) is -3.00. The second kappa shape index (κ2) is 4.30. The Morgan fingerprint density at radius 1 is 1.31 bits per heavy atom. The van der Waals surface area contributed by atoms with Crippen molar-refractivity contribution in [2.24, 2.45) is 11.3 Å². The van der Waals surface area contributed by atoms with E-state index in [0.29, 0.717) is 5.75 Å².